The summed E-state index contributed by atoms with van der Waals surface area (Å²) in [4.78, 5) is 35.4. The van der Waals surface area contributed by atoms with Crippen molar-refractivity contribution in [3.63, 3.8) is 0 Å². The summed E-state index contributed by atoms with van der Waals surface area (Å²) >= 11 is 0. The predicted molar refractivity (Wildman–Crippen MR) is 106 cm³/mol. The number of benzene rings is 1. The molecule has 142 valence electrons. The van der Waals surface area contributed by atoms with Gasteiger partial charge in [-0.2, -0.15) is 0 Å². The van der Waals surface area contributed by atoms with Crippen LogP contribution in [0.25, 0.3) is 0 Å². The summed E-state index contributed by atoms with van der Waals surface area (Å²) in [5, 5.41) is 2.82. The molecule has 3 rings (SSSR count). The van der Waals surface area contributed by atoms with Crippen LogP contribution in [0.2, 0.25) is 0 Å². The van der Waals surface area contributed by atoms with E-state index in [0.717, 1.165) is 18.8 Å². The number of aromatic nitrogens is 1. The van der Waals surface area contributed by atoms with Crippen molar-refractivity contribution < 1.29 is 9.59 Å². The summed E-state index contributed by atoms with van der Waals surface area (Å²) in [6.07, 6.45) is 0. The first kappa shape index (κ1) is 18.8. The molecule has 0 radical (unpaired) electrons. The van der Waals surface area contributed by atoms with E-state index in [1.54, 1.807) is 23.1 Å². The van der Waals surface area contributed by atoms with Crippen molar-refractivity contribution in [1.82, 2.24) is 14.8 Å². The van der Waals surface area contributed by atoms with Crippen LogP contribution in [-0.4, -0.2) is 73.9 Å². The molecule has 7 nitrogen and oxygen atoms in total. The summed E-state index contributed by atoms with van der Waals surface area (Å²) in [6.45, 7) is 3.03. The lowest BCUT2D eigenvalue weighted by molar-refractivity contribution is 0.0658. The van der Waals surface area contributed by atoms with E-state index >= 15 is 0 Å². The number of anilines is 2. The van der Waals surface area contributed by atoms with Gasteiger partial charge >= 0.3 is 0 Å². The van der Waals surface area contributed by atoms with Crippen LogP contribution in [0.5, 0.6) is 0 Å². The van der Waals surface area contributed by atoms with Crippen LogP contribution in [0.1, 0.15) is 21.0 Å². The molecule has 1 aliphatic heterocycles. The molecule has 0 unspecified atom stereocenters. The second-order valence-electron chi connectivity index (χ2n) is 6.90. The minimum Gasteiger partial charge on any atom is -0.378 e. The summed E-state index contributed by atoms with van der Waals surface area (Å²) < 4.78 is 0. The Morgan fingerprint density at radius 3 is 2.22 bits per heavy atom. The molecule has 2 aromatic rings. The normalized spacial score (nSPS) is 14.7. The molecule has 27 heavy (non-hydrogen) atoms. The molecule has 0 aliphatic carbocycles. The number of hydrogen-bond donors (Lipinski definition) is 1. The van der Waals surface area contributed by atoms with Crippen molar-refractivity contribution in [3.8, 4) is 0 Å². The van der Waals surface area contributed by atoms with E-state index in [2.05, 4.69) is 15.2 Å². The highest BCUT2D eigenvalue weighted by Gasteiger charge is 2.22. The Morgan fingerprint density at radius 2 is 1.59 bits per heavy atom. The van der Waals surface area contributed by atoms with Crippen molar-refractivity contribution >= 4 is 23.2 Å². The summed E-state index contributed by atoms with van der Waals surface area (Å²) in [5.41, 5.74) is 2.26. The molecule has 2 heterocycles. The van der Waals surface area contributed by atoms with E-state index in [-0.39, 0.29) is 17.5 Å². The monoisotopic (exact) mass is 367 g/mol. The average molecular weight is 367 g/mol. The Balaban J connectivity index is 1.69. The molecule has 0 spiro atoms. The second kappa shape index (κ2) is 8.18. The molecule has 1 saturated heterocycles. The van der Waals surface area contributed by atoms with Crippen molar-refractivity contribution in [2.24, 2.45) is 0 Å². The molecule has 0 bridgehead atoms. The lowest BCUT2D eigenvalue weighted by Gasteiger charge is -2.32. The summed E-state index contributed by atoms with van der Waals surface area (Å²) in [5.74, 6) is -0.464. The number of pyridine rings is 1. The molecule has 0 atom stereocenters. The maximum atomic E-state index is 12.6. The zero-order chi connectivity index (χ0) is 19.4. The van der Waals surface area contributed by atoms with Crippen LogP contribution in [0, 0.1) is 0 Å². The van der Waals surface area contributed by atoms with Crippen molar-refractivity contribution in [3.05, 3.63) is 53.9 Å². The molecule has 1 aliphatic rings. The molecule has 1 N–H and O–H groups in total. The number of carbonyl (C=O) groups excluding carboxylic acids is 2. The molecule has 2 amide bonds. The van der Waals surface area contributed by atoms with Gasteiger partial charge in [0.1, 0.15) is 11.4 Å². The van der Waals surface area contributed by atoms with E-state index in [0.29, 0.717) is 24.5 Å². The topological polar surface area (TPSA) is 68.8 Å². The van der Waals surface area contributed by atoms with Gasteiger partial charge in [0, 0.05) is 51.6 Å². The Kier molecular flexibility index (Phi) is 5.71. The number of hydrogen-bond acceptors (Lipinski definition) is 5. The Hall–Kier alpha value is -2.93. The van der Waals surface area contributed by atoms with E-state index in [1.807, 2.05) is 50.3 Å². The number of nitrogens with one attached hydrogen (secondary N) is 1. The first-order chi connectivity index (χ1) is 12.9. The molecule has 1 fully saturated rings. The maximum absolute atomic E-state index is 12.6. The Morgan fingerprint density at radius 1 is 0.963 bits per heavy atom. The molecular formula is C20H25N5O2. The number of likely N-dealkylation sites (N-methyl/N-ethyl adjacent to an activating group) is 1. The highest BCUT2D eigenvalue weighted by atomic mass is 16.2. The van der Waals surface area contributed by atoms with Gasteiger partial charge in [0.25, 0.3) is 11.8 Å². The van der Waals surface area contributed by atoms with Gasteiger partial charge in [0.2, 0.25) is 0 Å². The van der Waals surface area contributed by atoms with Gasteiger partial charge < -0.3 is 20.0 Å². The minimum absolute atomic E-state index is 0.131. The largest absolute Gasteiger partial charge is 0.378 e. The predicted octanol–water partition coefficient (Wildman–Crippen LogP) is 1.79. The van der Waals surface area contributed by atoms with Gasteiger partial charge in [0.15, 0.2) is 0 Å². The third kappa shape index (κ3) is 4.62. The number of carbonyl (C=O) groups is 2. The molecule has 1 aromatic heterocycles. The van der Waals surface area contributed by atoms with Gasteiger partial charge in [-0.3, -0.25) is 9.59 Å². The third-order valence-corrected chi connectivity index (χ3v) is 4.63. The molecular weight excluding hydrogens is 342 g/mol. The van der Waals surface area contributed by atoms with E-state index in [9.17, 15) is 9.59 Å². The maximum Gasteiger partial charge on any atom is 0.274 e. The van der Waals surface area contributed by atoms with E-state index in [4.69, 9.17) is 0 Å². The fourth-order valence-corrected chi connectivity index (χ4v) is 2.89. The standard InChI is InChI=1S/C20H25N5O2/c1-23(2)16-9-7-15(8-10-16)21-19(26)17-5-4-6-18(22-17)20(27)25-13-11-24(3)12-14-25/h4-10H,11-14H2,1-3H3,(H,21,26). The van der Waals surface area contributed by atoms with Gasteiger partial charge in [-0.1, -0.05) is 6.07 Å². The van der Waals surface area contributed by atoms with Crippen LogP contribution >= 0.6 is 0 Å². The van der Waals surface area contributed by atoms with Crippen LogP contribution in [0.15, 0.2) is 42.5 Å². The first-order valence-corrected chi connectivity index (χ1v) is 8.97. The SMILES string of the molecule is CN1CCN(C(=O)c2cccc(C(=O)Nc3ccc(N(C)C)cc3)n2)CC1. The number of amides is 2. The first-order valence-electron chi connectivity index (χ1n) is 8.97. The second-order valence-corrected chi connectivity index (χ2v) is 6.90. The average Bonchev–Trinajstić information content (AvgIpc) is 2.68. The van der Waals surface area contributed by atoms with Crippen LogP contribution in [0.4, 0.5) is 11.4 Å². The van der Waals surface area contributed by atoms with Crippen LogP contribution in [-0.2, 0) is 0 Å². The zero-order valence-electron chi connectivity index (χ0n) is 16.0. The minimum atomic E-state index is -0.333. The van der Waals surface area contributed by atoms with Gasteiger partial charge in [-0.05, 0) is 43.4 Å². The van der Waals surface area contributed by atoms with Gasteiger partial charge in [0.05, 0.1) is 0 Å². The van der Waals surface area contributed by atoms with E-state index in [1.165, 1.54) is 0 Å². The Bertz CT molecular complexity index is 811. The van der Waals surface area contributed by atoms with Crippen molar-refractivity contribution in [2.75, 3.05) is 57.5 Å². The smallest absolute Gasteiger partial charge is 0.274 e. The van der Waals surface area contributed by atoms with Crippen molar-refractivity contribution in [1.29, 1.82) is 0 Å². The number of rotatable bonds is 4. The summed E-state index contributed by atoms with van der Waals surface area (Å²) in [6, 6.07) is 12.5. The van der Waals surface area contributed by atoms with E-state index < -0.39 is 0 Å². The highest BCUT2D eigenvalue weighted by molar-refractivity contribution is 6.03. The van der Waals surface area contributed by atoms with Gasteiger partial charge in [-0.25, -0.2) is 4.98 Å². The molecule has 1 aromatic carbocycles. The summed E-state index contributed by atoms with van der Waals surface area (Å²) in [7, 11) is 5.96. The quantitative estimate of drug-likeness (QED) is 0.892. The fourth-order valence-electron chi connectivity index (χ4n) is 2.89. The lowest BCUT2D eigenvalue weighted by atomic mass is 10.2. The highest BCUT2D eigenvalue weighted by Crippen LogP contribution is 2.16. The number of piperazine rings is 1. The fraction of sp³-hybridized carbons (Fsp3) is 0.350. The van der Waals surface area contributed by atoms with Crippen LogP contribution < -0.4 is 10.2 Å². The van der Waals surface area contributed by atoms with Gasteiger partial charge in [-0.15, -0.1) is 0 Å². The molecule has 0 saturated carbocycles. The number of nitrogens with zero attached hydrogens (tertiary/aromatic N) is 4. The van der Waals surface area contributed by atoms with Crippen LogP contribution in [0.3, 0.4) is 0 Å². The Labute approximate surface area is 159 Å². The van der Waals surface area contributed by atoms with Crippen molar-refractivity contribution in [2.45, 2.75) is 0 Å². The lowest BCUT2D eigenvalue weighted by Crippen LogP contribution is -2.47. The third-order valence-electron chi connectivity index (χ3n) is 4.63. The molecule has 7 heteroatoms. The zero-order valence-corrected chi connectivity index (χ0v) is 16.0.